The van der Waals surface area contributed by atoms with Crippen molar-refractivity contribution in [3.63, 3.8) is 0 Å². The molecular weight excluding hydrogens is 356 g/mol. The van der Waals surface area contributed by atoms with Crippen molar-refractivity contribution < 1.29 is 22.7 Å². The Labute approximate surface area is 145 Å². The molecule has 0 unspecified atom stereocenters. The molecule has 1 saturated heterocycles. The third kappa shape index (κ3) is 4.85. The van der Waals surface area contributed by atoms with Gasteiger partial charge in [-0.25, -0.2) is 18.0 Å². The molecule has 1 aliphatic heterocycles. The van der Waals surface area contributed by atoms with Gasteiger partial charge in [0.2, 0.25) is 0 Å². The van der Waals surface area contributed by atoms with Crippen LogP contribution in [-0.2, 0) is 14.6 Å². The van der Waals surface area contributed by atoms with E-state index in [-0.39, 0.29) is 41.3 Å². The number of amides is 2. The fourth-order valence-corrected chi connectivity index (χ4v) is 3.55. The molecule has 0 spiro atoms. The van der Waals surface area contributed by atoms with E-state index in [1.165, 1.54) is 17.0 Å². The van der Waals surface area contributed by atoms with Gasteiger partial charge in [0.25, 0.3) is 0 Å². The van der Waals surface area contributed by atoms with Gasteiger partial charge in [0.1, 0.15) is 0 Å². The van der Waals surface area contributed by atoms with Gasteiger partial charge in [-0.3, -0.25) is 0 Å². The van der Waals surface area contributed by atoms with Gasteiger partial charge in [0, 0.05) is 18.8 Å². The number of carbonyl (C=O) groups excluding carboxylic acids is 2. The van der Waals surface area contributed by atoms with E-state index < -0.39 is 21.8 Å². The number of hydrogen-bond acceptors (Lipinski definition) is 5. The first-order valence-corrected chi connectivity index (χ1v) is 9.65. The predicted octanol–water partition coefficient (Wildman–Crippen LogP) is 2.17. The summed E-state index contributed by atoms with van der Waals surface area (Å²) in [5, 5.41) is 2.87. The van der Waals surface area contributed by atoms with Gasteiger partial charge in [-0.2, -0.15) is 0 Å². The second kappa shape index (κ2) is 7.40. The monoisotopic (exact) mass is 374 g/mol. The van der Waals surface area contributed by atoms with Crippen molar-refractivity contribution in [1.82, 2.24) is 4.90 Å². The highest BCUT2D eigenvalue weighted by Crippen LogP contribution is 2.22. The van der Waals surface area contributed by atoms with Crippen LogP contribution in [0.15, 0.2) is 18.2 Å². The number of rotatable bonds is 3. The lowest BCUT2D eigenvalue weighted by molar-refractivity contribution is 0.0378. The van der Waals surface area contributed by atoms with Crippen LogP contribution in [0.2, 0.25) is 5.02 Å². The number of hydrogen-bond donors (Lipinski definition) is 1. The maximum Gasteiger partial charge on any atom is 0.339 e. The minimum atomic E-state index is -3.06. The molecule has 9 heteroatoms. The van der Waals surface area contributed by atoms with E-state index in [2.05, 4.69) is 5.32 Å². The second-order valence-corrected chi connectivity index (χ2v) is 8.43. The Morgan fingerprint density at radius 3 is 2.46 bits per heavy atom. The highest BCUT2D eigenvalue weighted by molar-refractivity contribution is 7.91. The summed E-state index contributed by atoms with van der Waals surface area (Å²) in [5.74, 6) is -0.671. The third-order valence-electron chi connectivity index (χ3n) is 3.41. The SMILES string of the molecule is CC(C)OC(=O)c1cc(NC(=O)N2CCS(=O)(=O)CC2)ccc1Cl. The standard InChI is InChI=1S/C15H19ClN2O5S/c1-10(2)23-14(19)12-9-11(3-4-13(12)16)17-15(20)18-5-7-24(21,22)8-6-18/h3-4,9-10H,5-8H2,1-2H3,(H,17,20). The molecule has 1 N–H and O–H groups in total. The number of esters is 1. The lowest BCUT2D eigenvalue weighted by Crippen LogP contribution is -2.45. The zero-order valence-electron chi connectivity index (χ0n) is 13.4. The molecule has 2 rings (SSSR count). The molecule has 7 nitrogen and oxygen atoms in total. The average Bonchev–Trinajstić information content (AvgIpc) is 2.48. The molecule has 132 valence electrons. The van der Waals surface area contributed by atoms with Crippen LogP contribution in [0.4, 0.5) is 10.5 Å². The average molecular weight is 375 g/mol. The third-order valence-corrected chi connectivity index (χ3v) is 5.35. The van der Waals surface area contributed by atoms with Crippen molar-refractivity contribution in [3.8, 4) is 0 Å². The smallest absolute Gasteiger partial charge is 0.339 e. The fourth-order valence-electron chi connectivity index (χ4n) is 2.16. The van der Waals surface area contributed by atoms with E-state index in [9.17, 15) is 18.0 Å². The number of carbonyl (C=O) groups is 2. The molecule has 1 aromatic carbocycles. The first-order chi connectivity index (χ1) is 11.2. The number of nitrogens with zero attached hydrogens (tertiary/aromatic N) is 1. The van der Waals surface area contributed by atoms with Gasteiger partial charge in [-0.15, -0.1) is 0 Å². The number of nitrogens with one attached hydrogen (secondary N) is 1. The second-order valence-electron chi connectivity index (χ2n) is 5.72. The summed E-state index contributed by atoms with van der Waals surface area (Å²) in [6, 6.07) is 4.07. The number of ether oxygens (including phenoxy) is 1. The van der Waals surface area contributed by atoms with Gasteiger partial charge in [-0.05, 0) is 32.0 Å². The van der Waals surface area contributed by atoms with Gasteiger partial charge in [0.05, 0.1) is 28.2 Å². The normalized spacial score (nSPS) is 16.8. The molecule has 2 amide bonds. The summed E-state index contributed by atoms with van der Waals surface area (Å²) < 4.78 is 27.9. The van der Waals surface area contributed by atoms with Crippen LogP contribution in [-0.4, -0.2) is 56.0 Å². The minimum absolute atomic E-state index is 0.0486. The fraction of sp³-hybridized carbons (Fsp3) is 0.467. The number of sulfone groups is 1. The molecule has 1 heterocycles. The van der Waals surface area contributed by atoms with Crippen LogP contribution in [0.1, 0.15) is 24.2 Å². The van der Waals surface area contributed by atoms with Crippen molar-refractivity contribution in [2.24, 2.45) is 0 Å². The first-order valence-electron chi connectivity index (χ1n) is 7.45. The van der Waals surface area contributed by atoms with Crippen molar-refractivity contribution in [2.75, 3.05) is 29.9 Å². The van der Waals surface area contributed by atoms with Crippen LogP contribution in [0, 0.1) is 0 Å². The van der Waals surface area contributed by atoms with Gasteiger partial charge in [-0.1, -0.05) is 11.6 Å². The summed E-state index contributed by atoms with van der Waals surface area (Å²) in [6.07, 6.45) is -0.290. The maximum absolute atomic E-state index is 12.2. The topological polar surface area (TPSA) is 92.8 Å². The van der Waals surface area contributed by atoms with E-state index in [0.29, 0.717) is 5.69 Å². The summed E-state index contributed by atoms with van der Waals surface area (Å²) >= 11 is 6.00. The van der Waals surface area contributed by atoms with Crippen LogP contribution in [0.5, 0.6) is 0 Å². The molecule has 1 aromatic rings. The zero-order valence-corrected chi connectivity index (χ0v) is 15.0. The Bertz CT molecular complexity index is 734. The zero-order chi connectivity index (χ0) is 17.9. The van der Waals surface area contributed by atoms with Crippen LogP contribution >= 0.6 is 11.6 Å². The molecule has 0 saturated carbocycles. The van der Waals surface area contributed by atoms with Crippen LogP contribution < -0.4 is 5.32 Å². The van der Waals surface area contributed by atoms with E-state index in [1.807, 2.05) is 0 Å². The van der Waals surface area contributed by atoms with Gasteiger partial charge < -0.3 is 15.0 Å². The molecule has 0 radical (unpaired) electrons. The molecule has 1 fully saturated rings. The predicted molar refractivity (Wildman–Crippen MR) is 91.2 cm³/mol. The van der Waals surface area contributed by atoms with Crippen LogP contribution in [0.3, 0.4) is 0 Å². The molecular formula is C15H19ClN2O5S. The quantitative estimate of drug-likeness (QED) is 0.818. The van der Waals surface area contributed by atoms with E-state index in [4.69, 9.17) is 16.3 Å². The van der Waals surface area contributed by atoms with Crippen molar-refractivity contribution in [3.05, 3.63) is 28.8 Å². The Morgan fingerprint density at radius 2 is 1.88 bits per heavy atom. The van der Waals surface area contributed by atoms with Crippen molar-refractivity contribution in [2.45, 2.75) is 20.0 Å². The number of benzene rings is 1. The van der Waals surface area contributed by atoms with Crippen molar-refractivity contribution in [1.29, 1.82) is 0 Å². The summed E-state index contributed by atoms with van der Waals surface area (Å²) in [4.78, 5) is 25.6. The highest BCUT2D eigenvalue weighted by atomic mass is 35.5. The molecule has 1 aliphatic rings. The minimum Gasteiger partial charge on any atom is -0.459 e. The summed E-state index contributed by atoms with van der Waals surface area (Å²) in [7, 11) is -3.06. The molecule has 24 heavy (non-hydrogen) atoms. The first kappa shape index (κ1) is 18.5. The highest BCUT2D eigenvalue weighted by Gasteiger charge is 2.25. The lowest BCUT2D eigenvalue weighted by Gasteiger charge is -2.26. The number of anilines is 1. The Hall–Kier alpha value is -1.80. The van der Waals surface area contributed by atoms with Crippen molar-refractivity contribution >= 4 is 39.1 Å². The van der Waals surface area contributed by atoms with E-state index in [0.717, 1.165) is 0 Å². The molecule has 0 bridgehead atoms. The van der Waals surface area contributed by atoms with Gasteiger partial charge >= 0.3 is 12.0 Å². The van der Waals surface area contributed by atoms with Crippen LogP contribution in [0.25, 0.3) is 0 Å². The summed E-state index contributed by atoms with van der Waals surface area (Å²) in [6.45, 7) is 3.73. The number of urea groups is 1. The van der Waals surface area contributed by atoms with Gasteiger partial charge in [0.15, 0.2) is 9.84 Å². The molecule has 0 aromatic heterocycles. The molecule has 0 aliphatic carbocycles. The van der Waals surface area contributed by atoms with E-state index in [1.54, 1.807) is 19.9 Å². The lowest BCUT2D eigenvalue weighted by atomic mass is 10.2. The molecule has 0 atom stereocenters. The van der Waals surface area contributed by atoms with E-state index >= 15 is 0 Å². The largest absolute Gasteiger partial charge is 0.459 e. The Morgan fingerprint density at radius 1 is 1.25 bits per heavy atom. The Balaban J connectivity index is 2.07. The summed E-state index contributed by atoms with van der Waals surface area (Å²) in [5.41, 5.74) is 0.540. The Kier molecular flexibility index (Phi) is 5.71. The number of halogens is 1. The maximum atomic E-state index is 12.2.